The number of hydrogen-bond donors (Lipinski definition) is 5. The summed E-state index contributed by atoms with van der Waals surface area (Å²) >= 11 is 0. The monoisotopic (exact) mass is 675 g/mol. The average Bonchev–Trinajstić information content (AvgIpc) is 3.13. The average molecular weight is 676 g/mol. The first kappa shape index (κ1) is 35.5. The molecule has 1 heterocycles. The number of ether oxygens (including phenoxy) is 2. The molecule has 12 nitrogen and oxygen atoms in total. The van der Waals surface area contributed by atoms with Gasteiger partial charge in [-0.3, -0.25) is 4.79 Å². The number of hydrogen-bond acceptors (Lipinski definition) is 11. The van der Waals surface area contributed by atoms with Crippen molar-refractivity contribution in [2.24, 2.45) is 0 Å². The molecule has 50 heavy (non-hydrogen) atoms. The Labute approximate surface area is 291 Å². The molecule has 1 amide bonds. The van der Waals surface area contributed by atoms with Gasteiger partial charge in [0, 0.05) is 43.1 Å². The molecule has 1 aromatic heterocycles. The summed E-state index contributed by atoms with van der Waals surface area (Å²) < 4.78 is 11.1. The molecule has 12 heteroatoms. The molecule has 0 aliphatic rings. The van der Waals surface area contributed by atoms with Gasteiger partial charge >= 0.3 is 0 Å². The number of aromatic hydroxyl groups is 1. The van der Waals surface area contributed by atoms with Crippen molar-refractivity contribution < 1.29 is 24.2 Å². The smallest absolute Gasteiger partial charge is 0.251 e. The van der Waals surface area contributed by atoms with Gasteiger partial charge in [0.05, 0.1) is 19.8 Å². The molecule has 0 saturated carbocycles. The Bertz CT molecular complexity index is 1820. The number of phenolic OH excluding ortho intramolecular Hbond substituents is 1. The molecule has 0 atom stereocenters. The van der Waals surface area contributed by atoms with E-state index >= 15 is 0 Å². The number of amides is 1. The molecular formula is C38H41N7O5. The first-order valence-corrected chi connectivity index (χ1v) is 16.4. The SMILES string of the molecule is CC(=O)CCCOCCOCCNc1nc(Nc2ccc(O)cc2)nc(Nc2ccc(C(=O)NCc3ccccc3-c3ccccc3)cc2)n1. The van der Waals surface area contributed by atoms with E-state index in [4.69, 9.17) is 9.47 Å². The normalized spacial score (nSPS) is 10.7. The number of anilines is 5. The summed E-state index contributed by atoms with van der Waals surface area (Å²) in [6.45, 7) is 4.19. The van der Waals surface area contributed by atoms with Crippen LogP contribution in [0.5, 0.6) is 5.75 Å². The predicted molar refractivity (Wildman–Crippen MR) is 194 cm³/mol. The minimum atomic E-state index is -0.187. The summed E-state index contributed by atoms with van der Waals surface area (Å²) in [5.74, 6) is 0.990. The molecule has 5 rings (SSSR count). The Balaban J connectivity index is 1.17. The maximum absolute atomic E-state index is 13.0. The Morgan fingerprint density at radius 3 is 1.96 bits per heavy atom. The minimum Gasteiger partial charge on any atom is -0.508 e. The van der Waals surface area contributed by atoms with Crippen LogP contribution in [0.1, 0.15) is 35.7 Å². The molecule has 0 aliphatic carbocycles. The van der Waals surface area contributed by atoms with Crippen molar-refractivity contribution in [3.05, 3.63) is 114 Å². The third-order valence-electron chi connectivity index (χ3n) is 7.42. The number of ketones is 1. The third-order valence-corrected chi connectivity index (χ3v) is 7.42. The van der Waals surface area contributed by atoms with Gasteiger partial charge in [0.1, 0.15) is 11.5 Å². The molecule has 5 aromatic rings. The van der Waals surface area contributed by atoms with E-state index in [1.165, 1.54) is 0 Å². The van der Waals surface area contributed by atoms with Crippen LogP contribution in [-0.4, -0.2) is 64.7 Å². The van der Waals surface area contributed by atoms with E-state index < -0.39 is 0 Å². The first-order chi connectivity index (χ1) is 24.4. The molecule has 0 fully saturated rings. The molecule has 5 N–H and O–H groups in total. The predicted octanol–water partition coefficient (Wildman–Crippen LogP) is 6.48. The second-order valence-corrected chi connectivity index (χ2v) is 11.3. The number of phenols is 1. The van der Waals surface area contributed by atoms with Gasteiger partial charge < -0.3 is 40.6 Å². The lowest BCUT2D eigenvalue weighted by molar-refractivity contribution is -0.117. The van der Waals surface area contributed by atoms with Crippen LogP contribution < -0.4 is 21.3 Å². The van der Waals surface area contributed by atoms with E-state index in [0.29, 0.717) is 75.2 Å². The largest absolute Gasteiger partial charge is 0.508 e. The van der Waals surface area contributed by atoms with Crippen molar-refractivity contribution >= 4 is 40.9 Å². The van der Waals surface area contributed by atoms with Crippen molar-refractivity contribution in [1.29, 1.82) is 0 Å². The fraction of sp³-hybridized carbons (Fsp3) is 0.237. The van der Waals surface area contributed by atoms with Gasteiger partial charge in [-0.05, 0) is 78.6 Å². The van der Waals surface area contributed by atoms with Crippen molar-refractivity contribution in [2.45, 2.75) is 26.3 Å². The Hall–Kier alpha value is -5.85. The van der Waals surface area contributed by atoms with E-state index in [0.717, 1.165) is 16.7 Å². The number of carbonyl (C=O) groups is 2. The summed E-state index contributed by atoms with van der Waals surface area (Å²) in [4.78, 5) is 37.5. The molecule has 0 radical (unpaired) electrons. The van der Waals surface area contributed by atoms with Crippen LogP contribution in [0.4, 0.5) is 29.2 Å². The molecule has 258 valence electrons. The van der Waals surface area contributed by atoms with Crippen LogP contribution in [0.25, 0.3) is 11.1 Å². The summed E-state index contributed by atoms with van der Waals surface area (Å²) in [6.07, 6.45) is 1.23. The lowest BCUT2D eigenvalue weighted by atomic mass is 10.00. The van der Waals surface area contributed by atoms with Crippen LogP contribution in [0, 0.1) is 0 Å². The van der Waals surface area contributed by atoms with E-state index in [2.05, 4.69) is 54.4 Å². The number of rotatable bonds is 19. The van der Waals surface area contributed by atoms with Crippen molar-refractivity contribution in [2.75, 3.05) is 48.9 Å². The van der Waals surface area contributed by atoms with Gasteiger partial charge in [-0.15, -0.1) is 0 Å². The maximum Gasteiger partial charge on any atom is 0.251 e. The molecule has 4 aromatic carbocycles. The van der Waals surface area contributed by atoms with E-state index in [1.807, 2.05) is 36.4 Å². The number of aromatic nitrogens is 3. The Morgan fingerprint density at radius 2 is 1.28 bits per heavy atom. The molecule has 0 aliphatic heterocycles. The zero-order valence-electron chi connectivity index (χ0n) is 27.9. The lowest BCUT2D eigenvalue weighted by Gasteiger charge is -2.13. The summed E-state index contributed by atoms with van der Waals surface area (Å²) in [6, 6.07) is 31.7. The Morgan fingerprint density at radius 1 is 0.680 bits per heavy atom. The quantitative estimate of drug-likeness (QED) is 0.0482. The molecule has 0 bridgehead atoms. The van der Waals surface area contributed by atoms with Gasteiger partial charge in [0.2, 0.25) is 17.8 Å². The number of nitrogens with one attached hydrogen (secondary N) is 4. The van der Waals surface area contributed by atoms with Gasteiger partial charge in [0.15, 0.2) is 0 Å². The van der Waals surface area contributed by atoms with Crippen molar-refractivity contribution in [3.63, 3.8) is 0 Å². The van der Waals surface area contributed by atoms with E-state index in [-0.39, 0.29) is 29.3 Å². The second-order valence-electron chi connectivity index (χ2n) is 11.3. The standard InChI is InChI=1S/C38H41N7O5/c1-27(46)8-7-22-49-24-25-50-23-21-39-36-43-37(45-38(44-36)42-32-17-19-33(47)20-18-32)41-31-15-13-29(14-16-31)35(48)40-26-30-11-5-6-12-34(30)28-9-3-2-4-10-28/h2-6,9-20,47H,7-8,21-26H2,1H3,(H,40,48)(H3,39,41,42,43,44,45). The van der Waals surface area contributed by atoms with Crippen LogP contribution in [0.3, 0.4) is 0 Å². The second kappa shape index (κ2) is 18.6. The first-order valence-electron chi connectivity index (χ1n) is 16.4. The molecular weight excluding hydrogens is 634 g/mol. The molecule has 0 unspecified atom stereocenters. The zero-order valence-corrected chi connectivity index (χ0v) is 27.9. The highest BCUT2D eigenvalue weighted by Crippen LogP contribution is 2.24. The van der Waals surface area contributed by atoms with Gasteiger partial charge in [-0.2, -0.15) is 15.0 Å². The highest BCUT2D eigenvalue weighted by Gasteiger charge is 2.11. The van der Waals surface area contributed by atoms with Crippen LogP contribution in [0.15, 0.2) is 103 Å². The Kier molecular flexibility index (Phi) is 13.2. The van der Waals surface area contributed by atoms with Crippen molar-refractivity contribution in [1.82, 2.24) is 20.3 Å². The van der Waals surface area contributed by atoms with Crippen molar-refractivity contribution in [3.8, 4) is 16.9 Å². The van der Waals surface area contributed by atoms with Crippen LogP contribution >= 0.6 is 0 Å². The van der Waals surface area contributed by atoms with Gasteiger partial charge in [-0.1, -0.05) is 54.6 Å². The number of Topliss-reactive ketones (excluding diaryl/α,β-unsaturated/α-hetero) is 1. The summed E-state index contributed by atoms with van der Waals surface area (Å²) in [7, 11) is 0. The number of benzene rings is 4. The fourth-order valence-electron chi connectivity index (χ4n) is 4.91. The minimum absolute atomic E-state index is 0.145. The van der Waals surface area contributed by atoms with Crippen LogP contribution in [-0.2, 0) is 20.8 Å². The zero-order chi connectivity index (χ0) is 35.0. The van der Waals surface area contributed by atoms with E-state index in [1.54, 1.807) is 55.5 Å². The topological polar surface area (TPSA) is 160 Å². The van der Waals surface area contributed by atoms with Crippen LogP contribution in [0.2, 0.25) is 0 Å². The lowest BCUT2D eigenvalue weighted by Crippen LogP contribution is -2.23. The van der Waals surface area contributed by atoms with Gasteiger partial charge in [0.25, 0.3) is 5.91 Å². The molecule has 0 saturated heterocycles. The van der Waals surface area contributed by atoms with E-state index in [9.17, 15) is 14.7 Å². The summed E-state index contributed by atoms with van der Waals surface area (Å²) in [5.41, 5.74) is 5.07. The summed E-state index contributed by atoms with van der Waals surface area (Å²) in [5, 5.41) is 22.2. The number of carbonyl (C=O) groups excluding carboxylic acids is 2. The van der Waals surface area contributed by atoms with Gasteiger partial charge in [-0.25, -0.2) is 0 Å². The highest BCUT2D eigenvalue weighted by molar-refractivity contribution is 5.94. The number of nitrogens with zero attached hydrogens (tertiary/aromatic N) is 3. The maximum atomic E-state index is 13.0. The fourth-order valence-corrected chi connectivity index (χ4v) is 4.91. The molecule has 0 spiro atoms. The highest BCUT2D eigenvalue weighted by atomic mass is 16.5. The third kappa shape index (κ3) is 11.4.